The fraction of sp³-hybridized carbons (Fsp3) is 0.304. The van der Waals surface area contributed by atoms with Crippen molar-refractivity contribution in [2.45, 2.75) is 19.9 Å². The van der Waals surface area contributed by atoms with Crippen LogP contribution in [-0.4, -0.2) is 52.4 Å². The molecular formula is C23H24ClN3O2. The largest absolute Gasteiger partial charge is 0.343 e. The molecule has 2 aromatic carbocycles. The highest BCUT2D eigenvalue weighted by Gasteiger charge is 2.23. The zero-order valence-corrected chi connectivity index (χ0v) is 17.2. The number of aromatic nitrogens is 1. The van der Waals surface area contributed by atoms with Crippen LogP contribution in [0.2, 0.25) is 5.02 Å². The predicted molar refractivity (Wildman–Crippen MR) is 115 cm³/mol. The summed E-state index contributed by atoms with van der Waals surface area (Å²) in [6.07, 6.45) is 2.46. The van der Waals surface area contributed by atoms with Gasteiger partial charge in [-0.3, -0.25) is 9.59 Å². The van der Waals surface area contributed by atoms with Crippen molar-refractivity contribution in [3.05, 3.63) is 70.9 Å². The third-order valence-electron chi connectivity index (χ3n) is 5.56. The summed E-state index contributed by atoms with van der Waals surface area (Å²) in [6, 6.07) is 16.0. The van der Waals surface area contributed by atoms with Crippen molar-refractivity contribution in [3.8, 4) is 0 Å². The lowest BCUT2D eigenvalue weighted by Gasteiger charge is -2.34. The normalized spacial score (nSPS) is 14.4. The molecule has 2 heterocycles. The van der Waals surface area contributed by atoms with Crippen LogP contribution in [-0.2, 0) is 22.6 Å². The van der Waals surface area contributed by atoms with Gasteiger partial charge in [0.1, 0.15) is 0 Å². The summed E-state index contributed by atoms with van der Waals surface area (Å²) in [5.41, 5.74) is 3.31. The highest BCUT2D eigenvalue weighted by atomic mass is 35.5. The molecule has 4 rings (SSSR count). The van der Waals surface area contributed by atoms with Crippen molar-refractivity contribution in [3.63, 3.8) is 0 Å². The lowest BCUT2D eigenvalue weighted by Crippen LogP contribution is -2.50. The molecule has 29 heavy (non-hydrogen) atoms. The molecule has 1 aliphatic heterocycles. The van der Waals surface area contributed by atoms with Crippen LogP contribution in [0.25, 0.3) is 10.9 Å². The topological polar surface area (TPSA) is 45.6 Å². The number of piperazine rings is 1. The number of hydrogen-bond acceptors (Lipinski definition) is 2. The standard InChI is InChI=1S/C23H24ClN3O2/c1-17(28)25-10-12-26(13-11-25)23(29)14-19-16-27(22-5-3-2-4-21(19)22)15-18-6-8-20(24)9-7-18/h2-9,16H,10-15H2,1H3. The SMILES string of the molecule is CC(=O)N1CCN(C(=O)Cc2cn(Cc3ccc(Cl)cc3)c3ccccc23)CC1. The first-order valence-corrected chi connectivity index (χ1v) is 10.2. The molecule has 6 heteroatoms. The Morgan fingerprint density at radius 1 is 0.931 bits per heavy atom. The van der Waals surface area contributed by atoms with Crippen LogP contribution >= 0.6 is 11.6 Å². The summed E-state index contributed by atoms with van der Waals surface area (Å²) in [6.45, 7) is 4.72. The number of rotatable bonds is 4. The van der Waals surface area contributed by atoms with Gasteiger partial charge >= 0.3 is 0 Å². The van der Waals surface area contributed by atoms with Crippen LogP contribution in [0.3, 0.4) is 0 Å². The molecular weight excluding hydrogens is 386 g/mol. The molecule has 0 N–H and O–H groups in total. The molecule has 0 radical (unpaired) electrons. The van der Waals surface area contributed by atoms with E-state index in [9.17, 15) is 9.59 Å². The van der Waals surface area contributed by atoms with E-state index in [0.717, 1.165) is 33.6 Å². The van der Waals surface area contributed by atoms with E-state index in [1.165, 1.54) is 0 Å². The second-order valence-electron chi connectivity index (χ2n) is 7.49. The maximum Gasteiger partial charge on any atom is 0.227 e. The van der Waals surface area contributed by atoms with Crippen molar-refractivity contribution < 1.29 is 9.59 Å². The van der Waals surface area contributed by atoms with Gasteiger partial charge in [-0.2, -0.15) is 0 Å². The highest BCUT2D eigenvalue weighted by Crippen LogP contribution is 2.24. The molecule has 150 valence electrons. The van der Waals surface area contributed by atoms with Gasteiger partial charge in [0.2, 0.25) is 11.8 Å². The first-order chi connectivity index (χ1) is 14.0. The van der Waals surface area contributed by atoms with Gasteiger partial charge in [0.05, 0.1) is 6.42 Å². The molecule has 0 saturated carbocycles. The summed E-state index contributed by atoms with van der Waals surface area (Å²) in [5, 5.41) is 1.83. The second kappa shape index (κ2) is 8.29. The van der Waals surface area contributed by atoms with Gasteiger partial charge in [0.25, 0.3) is 0 Å². The molecule has 2 amide bonds. The van der Waals surface area contributed by atoms with Crippen LogP contribution in [0.15, 0.2) is 54.7 Å². The maximum absolute atomic E-state index is 12.9. The number of carbonyl (C=O) groups excluding carboxylic acids is 2. The lowest BCUT2D eigenvalue weighted by atomic mass is 10.1. The fourth-order valence-electron chi connectivity index (χ4n) is 3.93. The van der Waals surface area contributed by atoms with Crippen LogP contribution in [0, 0.1) is 0 Å². The van der Waals surface area contributed by atoms with E-state index < -0.39 is 0 Å². The number of benzene rings is 2. The fourth-order valence-corrected chi connectivity index (χ4v) is 4.05. The summed E-state index contributed by atoms with van der Waals surface area (Å²) < 4.78 is 2.19. The minimum Gasteiger partial charge on any atom is -0.343 e. The number of para-hydroxylation sites is 1. The van der Waals surface area contributed by atoms with Gasteiger partial charge in [0.15, 0.2) is 0 Å². The minimum atomic E-state index is 0.0716. The molecule has 1 aliphatic rings. The zero-order chi connectivity index (χ0) is 20.4. The van der Waals surface area contributed by atoms with E-state index in [0.29, 0.717) is 32.6 Å². The van der Waals surface area contributed by atoms with Crippen LogP contribution in [0.5, 0.6) is 0 Å². The van der Waals surface area contributed by atoms with E-state index in [1.54, 1.807) is 11.8 Å². The average Bonchev–Trinajstić information content (AvgIpc) is 3.07. The first kappa shape index (κ1) is 19.5. The molecule has 0 atom stereocenters. The van der Waals surface area contributed by atoms with E-state index in [2.05, 4.69) is 22.9 Å². The molecule has 3 aromatic rings. The molecule has 1 saturated heterocycles. The maximum atomic E-state index is 12.9. The molecule has 5 nitrogen and oxygen atoms in total. The summed E-state index contributed by atoms with van der Waals surface area (Å²) in [4.78, 5) is 28.0. The quantitative estimate of drug-likeness (QED) is 0.661. The van der Waals surface area contributed by atoms with Crippen molar-refractivity contribution in [2.24, 2.45) is 0 Å². The molecule has 1 aromatic heterocycles. The Kier molecular flexibility index (Phi) is 5.58. The number of hydrogen-bond donors (Lipinski definition) is 0. The van der Waals surface area contributed by atoms with Gasteiger partial charge < -0.3 is 14.4 Å². The van der Waals surface area contributed by atoms with Gasteiger partial charge in [-0.25, -0.2) is 0 Å². The lowest BCUT2D eigenvalue weighted by molar-refractivity contribution is -0.137. The number of halogens is 1. The Morgan fingerprint density at radius 3 is 2.28 bits per heavy atom. The number of nitrogens with zero attached hydrogens (tertiary/aromatic N) is 3. The van der Waals surface area contributed by atoms with E-state index in [-0.39, 0.29) is 11.8 Å². The predicted octanol–water partition coefficient (Wildman–Crippen LogP) is 3.58. The van der Waals surface area contributed by atoms with Crippen molar-refractivity contribution >= 4 is 34.3 Å². The molecule has 1 fully saturated rings. The van der Waals surface area contributed by atoms with Crippen molar-refractivity contribution in [2.75, 3.05) is 26.2 Å². The summed E-state index contributed by atoms with van der Waals surface area (Å²) in [7, 11) is 0. The second-order valence-corrected chi connectivity index (χ2v) is 7.93. The molecule has 0 unspecified atom stereocenters. The van der Waals surface area contributed by atoms with E-state index >= 15 is 0 Å². The third-order valence-corrected chi connectivity index (χ3v) is 5.81. The monoisotopic (exact) mass is 409 g/mol. The van der Waals surface area contributed by atoms with Crippen LogP contribution in [0.4, 0.5) is 0 Å². The molecule has 0 aliphatic carbocycles. The summed E-state index contributed by atoms with van der Waals surface area (Å²) in [5.74, 6) is 0.185. The van der Waals surface area contributed by atoms with E-state index in [1.807, 2.05) is 41.3 Å². The van der Waals surface area contributed by atoms with Crippen LogP contribution < -0.4 is 0 Å². The average molecular weight is 410 g/mol. The Balaban J connectivity index is 1.52. The number of carbonyl (C=O) groups is 2. The number of amides is 2. The molecule has 0 bridgehead atoms. The van der Waals surface area contributed by atoms with Gasteiger partial charge in [0, 0.05) is 61.8 Å². The smallest absolute Gasteiger partial charge is 0.227 e. The van der Waals surface area contributed by atoms with Gasteiger partial charge in [-0.05, 0) is 29.3 Å². The minimum absolute atomic E-state index is 0.0716. The van der Waals surface area contributed by atoms with Crippen molar-refractivity contribution in [1.82, 2.24) is 14.4 Å². The summed E-state index contributed by atoms with van der Waals surface area (Å²) >= 11 is 6.00. The van der Waals surface area contributed by atoms with Crippen molar-refractivity contribution in [1.29, 1.82) is 0 Å². The van der Waals surface area contributed by atoms with Crippen LogP contribution in [0.1, 0.15) is 18.1 Å². The third kappa shape index (κ3) is 4.30. The van der Waals surface area contributed by atoms with Gasteiger partial charge in [-0.15, -0.1) is 0 Å². The Labute approximate surface area is 175 Å². The zero-order valence-electron chi connectivity index (χ0n) is 16.5. The van der Waals surface area contributed by atoms with E-state index in [4.69, 9.17) is 11.6 Å². The Bertz CT molecular complexity index is 1030. The Hall–Kier alpha value is -2.79. The number of fused-ring (bicyclic) bond motifs is 1. The molecule has 0 spiro atoms. The highest BCUT2D eigenvalue weighted by molar-refractivity contribution is 6.30. The van der Waals surface area contributed by atoms with Gasteiger partial charge in [-0.1, -0.05) is 41.9 Å². The first-order valence-electron chi connectivity index (χ1n) is 9.86. The Morgan fingerprint density at radius 2 is 1.59 bits per heavy atom.